The molecular formula is C30H35F3N7O5S+. The van der Waals surface area contributed by atoms with Gasteiger partial charge in [-0.3, -0.25) is 4.90 Å². The molecule has 16 heteroatoms. The summed E-state index contributed by atoms with van der Waals surface area (Å²) in [5.41, 5.74) is -0.136. The molecule has 0 saturated heterocycles. The second kappa shape index (κ2) is 12.7. The molecule has 1 unspecified atom stereocenters. The molecule has 0 saturated carbocycles. The Morgan fingerprint density at radius 3 is 2.50 bits per heavy atom. The van der Waals surface area contributed by atoms with Crippen LogP contribution in [0, 0.1) is 11.3 Å². The van der Waals surface area contributed by atoms with E-state index in [0.717, 1.165) is 23.5 Å². The zero-order valence-electron chi connectivity index (χ0n) is 26.2. The van der Waals surface area contributed by atoms with Gasteiger partial charge in [0, 0.05) is 37.5 Å². The van der Waals surface area contributed by atoms with Crippen molar-refractivity contribution in [2.75, 3.05) is 52.5 Å². The fraction of sp³-hybridized carbons (Fsp3) is 0.400. The van der Waals surface area contributed by atoms with Gasteiger partial charge in [0.15, 0.2) is 0 Å². The van der Waals surface area contributed by atoms with Gasteiger partial charge in [-0.2, -0.15) is 18.4 Å². The highest BCUT2D eigenvalue weighted by molar-refractivity contribution is 7.89. The Morgan fingerprint density at radius 2 is 1.89 bits per heavy atom. The molecule has 0 fully saturated rings. The van der Waals surface area contributed by atoms with Crippen LogP contribution in [0.3, 0.4) is 0 Å². The van der Waals surface area contributed by atoms with Gasteiger partial charge in [-0.25, -0.2) is 32.0 Å². The molecule has 0 bridgehead atoms. The van der Waals surface area contributed by atoms with Crippen molar-refractivity contribution in [1.82, 2.24) is 19.1 Å². The molecule has 1 atom stereocenters. The molecule has 2 heterocycles. The first-order valence-corrected chi connectivity index (χ1v) is 15.7. The number of nitrogens with one attached hydrogen (secondary N) is 1. The number of hydrogen-bond donors (Lipinski definition) is 1. The number of carbonyl (C=O) groups excluding carboxylic acids is 1. The van der Waals surface area contributed by atoms with E-state index in [9.17, 15) is 36.4 Å². The summed E-state index contributed by atoms with van der Waals surface area (Å²) in [4.78, 5) is 28.1. The number of alkyl halides is 3. The van der Waals surface area contributed by atoms with Crippen molar-refractivity contribution in [3.8, 4) is 6.07 Å². The second-order valence-electron chi connectivity index (χ2n) is 11.8. The highest BCUT2D eigenvalue weighted by atomic mass is 32.2. The third-order valence-corrected chi connectivity index (χ3v) is 9.78. The van der Waals surface area contributed by atoms with Gasteiger partial charge < -0.3 is 9.22 Å². The molecule has 0 radical (unpaired) electrons. The number of esters is 1. The average molecular weight is 663 g/mol. The Morgan fingerprint density at radius 1 is 1.20 bits per heavy atom. The molecule has 0 spiro atoms. The Hall–Kier alpha value is -4.46. The van der Waals surface area contributed by atoms with Crippen LogP contribution >= 0.6 is 0 Å². The first-order valence-electron chi connectivity index (χ1n) is 14.1. The quantitative estimate of drug-likeness (QED) is 0.257. The van der Waals surface area contributed by atoms with Gasteiger partial charge in [0.25, 0.3) is 0 Å². The van der Waals surface area contributed by atoms with E-state index in [2.05, 4.69) is 16.3 Å². The molecule has 3 aromatic rings. The number of rotatable bonds is 10. The molecule has 1 N–H and O–H groups in total. The number of carbonyl (C=O) groups is 1. The standard InChI is InChI=1S/C30H34F3N7O5S/c1-19-25(27(41)45-6)26(39-28(35-36-29(39)42)38(19)23-10-7-9-22(16-23)30(31,32)33)24-12-11-20(17-34)15-21(24)18-40(4,5)13-8-14-46(43,44)37(2)3/h7,9-12,15-16,26H,8,13-14,18H2,1-6H3/p+1. The number of H-pyrrole nitrogens is 1. The van der Waals surface area contributed by atoms with Crippen LogP contribution < -0.4 is 10.6 Å². The largest absolute Gasteiger partial charge is 0.466 e. The molecule has 12 nitrogen and oxygen atoms in total. The lowest BCUT2D eigenvalue weighted by Gasteiger charge is -2.37. The van der Waals surface area contributed by atoms with Crippen LogP contribution in [0.4, 0.5) is 24.8 Å². The number of hydrogen-bond acceptors (Lipinski definition) is 8. The summed E-state index contributed by atoms with van der Waals surface area (Å²) in [5, 5.41) is 16.2. The number of aromatic amines is 1. The fourth-order valence-electron chi connectivity index (χ4n) is 5.56. The summed E-state index contributed by atoms with van der Waals surface area (Å²) in [6, 6.07) is 10.2. The van der Waals surface area contributed by atoms with Gasteiger partial charge in [-0.1, -0.05) is 12.1 Å². The van der Waals surface area contributed by atoms with Crippen LogP contribution in [-0.2, 0) is 32.3 Å². The fourth-order valence-corrected chi connectivity index (χ4v) is 6.41. The van der Waals surface area contributed by atoms with Gasteiger partial charge in [-0.05, 0) is 42.8 Å². The molecule has 2 aromatic carbocycles. The zero-order valence-corrected chi connectivity index (χ0v) is 27.0. The number of benzene rings is 2. The van der Waals surface area contributed by atoms with Crippen molar-refractivity contribution in [2.45, 2.75) is 32.1 Å². The van der Waals surface area contributed by atoms with E-state index in [1.54, 1.807) is 12.1 Å². The van der Waals surface area contributed by atoms with Crippen LogP contribution in [0.25, 0.3) is 0 Å². The molecular weight excluding hydrogens is 627 g/mol. The number of nitrogens with zero attached hydrogens (tertiary/aromatic N) is 6. The number of nitriles is 1. The summed E-state index contributed by atoms with van der Waals surface area (Å²) in [6.45, 7) is 2.24. The van der Waals surface area contributed by atoms with E-state index in [4.69, 9.17) is 4.74 Å². The third kappa shape index (κ3) is 6.86. The van der Waals surface area contributed by atoms with Crippen molar-refractivity contribution in [1.29, 1.82) is 5.26 Å². The maximum atomic E-state index is 13.6. The number of methoxy groups -OCH3 is 1. The maximum Gasteiger partial charge on any atom is 0.416 e. The lowest BCUT2D eigenvalue weighted by Crippen LogP contribution is -2.42. The third-order valence-electron chi connectivity index (χ3n) is 7.87. The smallest absolute Gasteiger partial charge is 0.416 e. The summed E-state index contributed by atoms with van der Waals surface area (Å²) in [5.74, 6) is -0.947. The number of quaternary nitrogens is 1. The number of aromatic nitrogens is 3. The lowest BCUT2D eigenvalue weighted by molar-refractivity contribution is -0.903. The highest BCUT2D eigenvalue weighted by Crippen LogP contribution is 2.43. The molecule has 4 rings (SSSR count). The molecule has 1 aliphatic rings. The van der Waals surface area contributed by atoms with Crippen LogP contribution in [-0.4, -0.2) is 85.5 Å². The average Bonchev–Trinajstić information content (AvgIpc) is 3.35. The predicted molar refractivity (Wildman–Crippen MR) is 163 cm³/mol. The van der Waals surface area contributed by atoms with E-state index in [1.165, 1.54) is 48.7 Å². The number of sulfonamides is 1. The molecule has 0 aliphatic carbocycles. The number of ether oxygens (including phenoxy) is 1. The SMILES string of the molecule is COC(=O)C1=C(C)N(c2cccc(C(F)(F)F)c2)c2n[nH]c(=O)n2C1c1ccc(C#N)cc1C[N+](C)(C)CCCS(=O)(=O)N(C)C. The predicted octanol–water partition coefficient (Wildman–Crippen LogP) is 3.51. The Bertz CT molecular complexity index is 1890. The molecule has 246 valence electrons. The number of fused-ring (bicyclic) bond motifs is 1. The van der Waals surface area contributed by atoms with Crippen molar-refractivity contribution < 1.29 is 35.6 Å². The van der Waals surface area contributed by atoms with Gasteiger partial charge in [0.2, 0.25) is 16.0 Å². The van der Waals surface area contributed by atoms with E-state index in [-0.39, 0.29) is 39.7 Å². The monoisotopic (exact) mass is 662 g/mol. The normalized spacial score (nSPS) is 15.6. The van der Waals surface area contributed by atoms with E-state index in [0.29, 0.717) is 29.7 Å². The topological polar surface area (TPSA) is 141 Å². The molecule has 1 aliphatic heterocycles. The van der Waals surface area contributed by atoms with E-state index >= 15 is 0 Å². The van der Waals surface area contributed by atoms with Crippen LogP contribution in [0.15, 0.2) is 58.5 Å². The van der Waals surface area contributed by atoms with Crippen LogP contribution in [0.5, 0.6) is 0 Å². The molecule has 0 amide bonds. The second-order valence-corrected chi connectivity index (χ2v) is 14.1. The van der Waals surface area contributed by atoms with Gasteiger partial charge in [0.1, 0.15) is 12.6 Å². The van der Waals surface area contributed by atoms with E-state index < -0.39 is 39.5 Å². The Labute approximate surface area is 264 Å². The maximum absolute atomic E-state index is 13.6. The van der Waals surface area contributed by atoms with Crippen molar-refractivity contribution in [3.05, 3.63) is 86.5 Å². The minimum atomic E-state index is -4.65. The zero-order chi connectivity index (χ0) is 34.2. The van der Waals surface area contributed by atoms with Crippen molar-refractivity contribution >= 4 is 27.6 Å². The first kappa shape index (κ1) is 34.4. The Balaban J connectivity index is 1.88. The number of halogens is 3. The number of anilines is 2. The summed E-state index contributed by atoms with van der Waals surface area (Å²) in [7, 11) is 4.45. The Kier molecular flexibility index (Phi) is 9.53. The number of allylic oxidation sites excluding steroid dienone is 1. The van der Waals surface area contributed by atoms with Crippen molar-refractivity contribution in [2.24, 2.45) is 0 Å². The van der Waals surface area contributed by atoms with Gasteiger partial charge in [0.05, 0.1) is 56.3 Å². The first-order chi connectivity index (χ1) is 21.4. The van der Waals surface area contributed by atoms with E-state index in [1.807, 2.05) is 14.1 Å². The van der Waals surface area contributed by atoms with Crippen molar-refractivity contribution in [3.63, 3.8) is 0 Å². The summed E-state index contributed by atoms with van der Waals surface area (Å²) < 4.78 is 73.4. The molecule has 1 aromatic heterocycles. The van der Waals surface area contributed by atoms with Crippen LogP contribution in [0.2, 0.25) is 0 Å². The van der Waals surface area contributed by atoms with Gasteiger partial charge >= 0.3 is 17.8 Å². The minimum absolute atomic E-state index is 0.0120. The highest BCUT2D eigenvalue weighted by Gasteiger charge is 2.41. The van der Waals surface area contributed by atoms with Gasteiger partial charge in [-0.15, -0.1) is 5.10 Å². The molecule has 46 heavy (non-hydrogen) atoms. The van der Waals surface area contributed by atoms with Crippen LogP contribution in [0.1, 0.15) is 41.6 Å². The lowest BCUT2D eigenvalue weighted by atomic mass is 9.89. The summed E-state index contributed by atoms with van der Waals surface area (Å²) >= 11 is 0. The minimum Gasteiger partial charge on any atom is -0.466 e. The summed E-state index contributed by atoms with van der Waals surface area (Å²) in [6.07, 6.45) is -4.31.